The van der Waals surface area contributed by atoms with E-state index in [0.29, 0.717) is 41.3 Å². The van der Waals surface area contributed by atoms with E-state index < -0.39 is 0 Å². The molecule has 150 valence electrons. The first-order valence-corrected chi connectivity index (χ1v) is 10.1. The molecule has 1 aliphatic heterocycles. The highest BCUT2D eigenvalue weighted by Crippen LogP contribution is 2.35. The van der Waals surface area contributed by atoms with Gasteiger partial charge >= 0.3 is 0 Å². The summed E-state index contributed by atoms with van der Waals surface area (Å²) in [6.07, 6.45) is 0.250. The van der Waals surface area contributed by atoms with Gasteiger partial charge in [-0.2, -0.15) is 0 Å². The number of hydrogen-bond donors (Lipinski definition) is 1. The summed E-state index contributed by atoms with van der Waals surface area (Å²) in [4.78, 5) is 31.0. The number of aromatic nitrogens is 1. The summed E-state index contributed by atoms with van der Waals surface area (Å²) in [6.45, 7) is 5.26. The van der Waals surface area contributed by atoms with Crippen molar-refractivity contribution in [1.82, 2.24) is 9.88 Å². The van der Waals surface area contributed by atoms with Gasteiger partial charge in [-0.15, -0.1) is 11.3 Å². The number of anilines is 1. The second-order valence-corrected chi connectivity index (χ2v) is 8.05. The summed E-state index contributed by atoms with van der Waals surface area (Å²) in [5.41, 5.74) is 1.48. The largest absolute Gasteiger partial charge is 0.497 e. The molecule has 1 N–H and O–H groups in total. The highest BCUT2D eigenvalue weighted by molar-refractivity contribution is 7.14. The van der Waals surface area contributed by atoms with Crippen LogP contribution in [-0.4, -0.2) is 49.0 Å². The van der Waals surface area contributed by atoms with E-state index in [9.17, 15) is 9.59 Å². The Morgan fingerprint density at radius 1 is 1.36 bits per heavy atom. The number of ether oxygens (including phenoxy) is 2. The first kappa shape index (κ1) is 20.1. The minimum atomic E-state index is -0.343. The molecule has 0 bridgehead atoms. The first-order chi connectivity index (χ1) is 13.4. The second-order valence-electron chi connectivity index (χ2n) is 7.19. The van der Waals surface area contributed by atoms with Gasteiger partial charge in [-0.3, -0.25) is 9.59 Å². The number of hydrogen-bond acceptors (Lipinski definition) is 6. The molecule has 1 atom stereocenters. The van der Waals surface area contributed by atoms with Crippen molar-refractivity contribution in [1.29, 1.82) is 0 Å². The normalized spacial score (nSPS) is 16.5. The van der Waals surface area contributed by atoms with E-state index in [4.69, 9.17) is 9.47 Å². The van der Waals surface area contributed by atoms with Crippen LogP contribution in [0.5, 0.6) is 11.5 Å². The molecule has 3 rings (SSSR count). The molecule has 0 saturated carbocycles. The van der Waals surface area contributed by atoms with Gasteiger partial charge in [-0.05, 0) is 24.1 Å². The summed E-state index contributed by atoms with van der Waals surface area (Å²) < 4.78 is 10.7. The average molecular weight is 404 g/mol. The quantitative estimate of drug-likeness (QED) is 0.767. The van der Waals surface area contributed by atoms with Crippen molar-refractivity contribution in [2.75, 3.05) is 32.6 Å². The van der Waals surface area contributed by atoms with E-state index >= 15 is 0 Å². The maximum absolute atomic E-state index is 12.6. The molecule has 1 fully saturated rings. The number of carbonyl (C=O) groups excluding carboxylic acids is 2. The summed E-state index contributed by atoms with van der Waals surface area (Å²) in [5, 5.41) is 5.21. The fraction of sp³-hybridized carbons (Fsp3) is 0.450. The lowest BCUT2D eigenvalue weighted by atomic mass is 10.1. The van der Waals surface area contributed by atoms with Crippen molar-refractivity contribution < 1.29 is 19.1 Å². The zero-order valence-corrected chi connectivity index (χ0v) is 17.3. The summed E-state index contributed by atoms with van der Waals surface area (Å²) in [7, 11) is 3.20. The van der Waals surface area contributed by atoms with Crippen LogP contribution in [0, 0.1) is 11.8 Å². The molecule has 0 aliphatic carbocycles. The zero-order chi connectivity index (χ0) is 20.3. The molecule has 28 heavy (non-hydrogen) atoms. The maximum Gasteiger partial charge on any atom is 0.231 e. The van der Waals surface area contributed by atoms with Crippen molar-refractivity contribution >= 4 is 28.3 Å². The lowest BCUT2D eigenvalue weighted by molar-refractivity contribution is -0.128. The highest BCUT2D eigenvalue weighted by Gasteiger charge is 2.34. The van der Waals surface area contributed by atoms with Gasteiger partial charge in [-0.25, -0.2) is 4.98 Å². The highest BCUT2D eigenvalue weighted by atomic mass is 32.1. The van der Waals surface area contributed by atoms with Crippen LogP contribution >= 0.6 is 11.3 Å². The molecule has 2 heterocycles. The molecular formula is C20H25N3O4S. The van der Waals surface area contributed by atoms with E-state index in [2.05, 4.69) is 24.1 Å². The molecule has 1 aromatic carbocycles. The van der Waals surface area contributed by atoms with E-state index in [0.717, 1.165) is 5.56 Å². The van der Waals surface area contributed by atoms with Crippen molar-refractivity contribution in [3.8, 4) is 22.8 Å². The lowest BCUT2D eigenvalue weighted by Crippen LogP contribution is -2.31. The van der Waals surface area contributed by atoms with Crippen LogP contribution in [0.4, 0.5) is 5.13 Å². The monoisotopic (exact) mass is 403 g/mol. The van der Waals surface area contributed by atoms with Crippen molar-refractivity contribution in [3.05, 3.63) is 23.6 Å². The molecule has 1 aromatic heterocycles. The van der Waals surface area contributed by atoms with Gasteiger partial charge in [0.05, 0.1) is 25.8 Å². The Labute approximate surface area is 168 Å². The zero-order valence-electron chi connectivity index (χ0n) is 16.5. The number of carbonyl (C=O) groups is 2. The number of amides is 2. The molecule has 0 radical (unpaired) electrons. The van der Waals surface area contributed by atoms with Crippen LogP contribution in [0.1, 0.15) is 20.3 Å². The predicted octanol–water partition coefficient (Wildman–Crippen LogP) is 3.27. The molecule has 2 aromatic rings. The van der Waals surface area contributed by atoms with Crippen LogP contribution in [0.15, 0.2) is 23.6 Å². The summed E-state index contributed by atoms with van der Waals surface area (Å²) in [5.74, 6) is 1.28. The van der Waals surface area contributed by atoms with Crippen molar-refractivity contribution in [2.24, 2.45) is 11.8 Å². The number of nitrogens with one attached hydrogen (secondary N) is 1. The minimum absolute atomic E-state index is 0.0368. The Bertz CT molecular complexity index is 865. The number of methoxy groups -OCH3 is 2. The third-order valence-electron chi connectivity index (χ3n) is 4.59. The fourth-order valence-electron chi connectivity index (χ4n) is 3.24. The fourth-order valence-corrected chi connectivity index (χ4v) is 3.96. The van der Waals surface area contributed by atoms with E-state index in [1.165, 1.54) is 11.3 Å². The predicted molar refractivity (Wildman–Crippen MR) is 109 cm³/mol. The van der Waals surface area contributed by atoms with E-state index in [1.807, 2.05) is 23.6 Å². The molecule has 0 spiro atoms. The van der Waals surface area contributed by atoms with Crippen LogP contribution in [-0.2, 0) is 9.59 Å². The Morgan fingerprint density at radius 3 is 2.82 bits per heavy atom. The number of likely N-dealkylation sites (tertiary alicyclic amines) is 1. The van der Waals surface area contributed by atoms with Gasteiger partial charge in [-0.1, -0.05) is 13.8 Å². The van der Waals surface area contributed by atoms with Crippen molar-refractivity contribution in [2.45, 2.75) is 20.3 Å². The lowest BCUT2D eigenvalue weighted by Gasteiger charge is -2.18. The maximum atomic E-state index is 12.6. The third-order valence-corrected chi connectivity index (χ3v) is 5.35. The standard InChI is InChI=1S/C20H25N3O4S/c1-12(2)9-23-10-13(7-18(23)24)19(25)22-20-21-16(11-28-20)15-8-14(26-3)5-6-17(15)27-4/h5-6,8,11-13H,7,9-10H2,1-4H3,(H,21,22,25)/t13-/m1/s1. The van der Waals surface area contributed by atoms with Gasteiger partial charge in [0.15, 0.2) is 5.13 Å². The van der Waals surface area contributed by atoms with E-state index in [1.54, 1.807) is 19.1 Å². The first-order valence-electron chi connectivity index (χ1n) is 9.17. The number of rotatable bonds is 7. The number of thiazole rings is 1. The Balaban J connectivity index is 1.70. The van der Waals surface area contributed by atoms with Gasteiger partial charge in [0.25, 0.3) is 0 Å². The topological polar surface area (TPSA) is 80.8 Å². The molecule has 8 heteroatoms. The van der Waals surface area contributed by atoms with Crippen LogP contribution in [0.2, 0.25) is 0 Å². The third kappa shape index (κ3) is 4.44. The van der Waals surface area contributed by atoms with Crippen LogP contribution in [0.3, 0.4) is 0 Å². The Morgan fingerprint density at radius 2 is 2.14 bits per heavy atom. The molecule has 0 unspecified atom stereocenters. The Hall–Kier alpha value is -2.61. The molecule has 7 nitrogen and oxygen atoms in total. The van der Waals surface area contributed by atoms with Gasteiger partial charge in [0.1, 0.15) is 11.5 Å². The summed E-state index contributed by atoms with van der Waals surface area (Å²) in [6, 6.07) is 5.48. The smallest absolute Gasteiger partial charge is 0.231 e. The van der Waals surface area contributed by atoms with Crippen LogP contribution in [0.25, 0.3) is 11.3 Å². The molecule has 1 saturated heterocycles. The summed E-state index contributed by atoms with van der Waals surface area (Å²) >= 11 is 1.34. The SMILES string of the molecule is COc1ccc(OC)c(-c2csc(NC(=O)[C@@H]3CC(=O)N(CC(C)C)C3)n2)c1. The van der Waals surface area contributed by atoms with E-state index in [-0.39, 0.29) is 24.2 Å². The van der Waals surface area contributed by atoms with Gasteiger partial charge in [0.2, 0.25) is 11.8 Å². The van der Waals surface area contributed by atoms with Gasteiger partial charge < -0.3 is 19.7 Å². The van der Waals surface area contributed by atoms with Crippen molar-refractivity contribution in [3.63, 3.8) is 0 Å². The minimum Gasteiger partial charge on any atom is -0.497 e. The number of nitrogens with zero attached hydrogens (tertiary/aromatic N) is 2. The molecule has 2 amide bonds. The number of benzene rings is 1. The molecular weight excluding hydrogens is 378 g/mol. The van der Waals surface area contributed by atoms with Crippen LogP contribution < -0.4 is 14.8 Å². The Kier molecular flexibility index (Phi) is 6.18. The second kappa shape index (κ2) is 8.60. The average Bonchev–Trinajstić information content (AvgIpc) is 3.27. The molecule has 1 aliphatic rings. The van der Waals surface area contributed by atoms with Gasteiger partial charge in [0, 0.05) is 30.5 Å².